The maximum absolute atomic E-state index is 12.3. The summed E-state index contributed by atoms with van der Waals surface area (Å²) < 4.78 is 22.5. The molecule has 0 fully saturated rings. The summed E-state index contributed by atoms with van der Waals surface area (Å²) >= 11 is 5.81. The van der Waals surface area contributed by atoms with E-state index in [0.29, 0.717) is 0 Å². The zero-order chi connectivity index (χ0) is 19.2. The first kappa shape index (κ1) is 19.9. The second-order valence-electron chi connectivity index (χ2n) is 5.27. The van der Waals surface area contributed by atoms with E-state index in [-0.39, 0.29) is 18.0 Å². The number of carbonyl (C=O) groups is 1. The van der Waals surface area contributed by atoms with Gasteiger partial charge < -0.3 is 9.26 Å². The maximum Gasteiger partial charge on any atom is 0.409 e. The van der Waals surface area contributed by atoms with Gasteiger partial charge in [0, 0.05) is 23.4 Å². The van der Waals surface area contributed by atoms with Crippen LogP contribution in [0.15, 0.2) is 54.6 Å². The number of hydrogen-bond donors (Lipinski definition) is 1. The van der Waals surface area contributed by atoms with Gasteiger partial charge in [0.05, 0.1) is 4.92 Å². The summed E-state index contributed by atoms with van der Waals surface area (Å²) in [7, 11) is 0. The first-order valence-corrected chi connectivity index (χ1v) is 10.0. The van der Waals surface area contributed by atoms with Gasteiger partial charge >= 0.3 is 12.8 Å². The van der Waals surface area contributed by atoms with Crippen LogP contribution in [0.4, 0.5) is 5.69 Å². The predicted octanol–water partition coefficient (Wildman–Crippen LogP) is 4.04. The SMILES string of the molecule is C[C@H](NP(=O)(Cl)Oc1ccc([N+](=O)[O-])cc1)C(=O)OCc1ccccc1. The number of hydrogen-bond acceptors (Lipinski definition) is 6. The molecule has 10 heteroatoms. The second kappa shape index (κ2) is 8.80. The van der Waals surface area contributed by atoms with E-state index in [4.69, 9.17) is 20.5 Å². The summed E-state index contributed by atoms with van der Waals surface area (Å²) in [6.07, 6.45) is 0. The van der Waals surface area contributed by atoms with Crippen LogP contribution in [0.1, 0.15) is 12.5 Å². The Kier molecular flexibility index (Phi) is 6.74. The van der Waals surface area contributed by atoms with Gasteiger partial charge in [-0.05, 0) is 24.6 Å². The molecule has 2 atom stereocenters. The normalized spacial score (nSPS) is 14.1. The molecule has 0 aliphatic carbocycles. The average Bonchev–Trinajstić information content (AvgIpc) is 2.60. The van der Waals surface area contributed by atoms with E-state index in [2.05, 4.69) is 5.09 Å². The largest absolute Gasteiger partial charge is 0.460 e. The lowest BCUT2D eigenvalue weighted by Crippen LogP contribution is -2.33. The molecule has 0 spiro atoms. The van der Waals surface area contributed by atoms with E-state index >= 15 is 0 Å². The van der Waals surface area contributed by atoms with Gasteiger partial charge in [0.25, 0.3) is 5.69 Å². The Hall–Kier alpha value is -2.41. The quantitative estimate of drug-likeness (QED) is 0.309. The van der Waals surface area contributed by atoms with Crippen molar-refractivity contribution in [2.24, 2.45) is 0 Å². The molecular formula is C16H16ClN2O6P. The molecule has 2 aromatic rings. The summed E-state index contributed by atoms with van der Waals surface area (Å²) in [5.41, 5.74) is 0.664. The molecule has 0 amide bonds. The van der Waals surface area contributed by atoms with Crippen LogP contribution in [0.3, 0.4) is 0 Å². The lowest BCUT2D eigenvalue weighted by atomic mass is 10.2. The van der Waals surface area contributed by atoms with Gasteiger partial charge in [0.1, 0.15) is 18.4 Å². The van der Waals surface area contributed by atoms with E-state index in [1.165, 1.54) is 31.2 Å². The monoisotopic (exact) mass is 398 g/mol. The summed E-state index contributed by atoms with van der Waals surface area (Å²) in [5, 5.41) is 13.0. The highest BCUT2D eigenvalue weighted by Gasteiger charge is 2.28. The van der Waals surface area contributed by atoms with Crippen molar-refractivity contribution in [2.75, 3.05) is 0 Å². The minimum absolute atomic E-state index is 0.0614. The number of nitrogens with one attached hydrogen (secondary N) is 1. The molecule has 0 radical (unpaired) electrons. The van der Waals surface area contributed by atoms with Crippen LogP contribution < -0.4 is 9.61 Å². The highest BCUT2D eigenvalue weighted by Crippen LogP contribution is 2.48. The van der Waals surface area contributed by atoms with E-state index < -0.39 is 23.8 Å². The van der Waals surface area contributed by atoms with Crippen LogP contribution >= 0.6 is 18.1 Å². The van der Waals surface area contributed by atoms with Crippen molar-refractivity contribution in [1.82, 2.24) is 5.09 Å². The molecule has 0 bridgehead atoms. The molecule has 0 saturated heterocycles. The molecule has 2 rings (SSSR count). The third-order valence-electron chi connectivity index (χ3n) is 3.20. The summed E-state index contributed by atoms with van der Waals surface area (Å²) in [6.45, 7) is -2.40. The van der Waals surface area contributed by atoms with Crippen molar-refractivity contribution in [1.29, 1.82) is 0 Å². The number of nitro benzene ring substituents is 1. The molecular weight excluding hydrogens is 383 g/mol. The Balaban J connectivity index is 1.89. The first-order valence-electron chi connectivity index (χ1n) is 7.49. The van der Waals surface area contributed by atoms with Crippen molar-refractivity contribution >= 4 is 29.8 Å². The van der Waals surface area contributed by atoms with Crippen molar-refractivity contribution in [3.8, 4) is 5.75 Å². The first-order chi connectivity index (χ1) is 12.3. The molecule has 0 heterocycles. The highest BCUT2D eigenvalue weighted by molar-refractivity contribution is 7.84. The summed E-state index contributed by atoms with van der Waals surface area (Å²) in [4.78, 5) is 22.0. The van der Waals surface area contributed by atoms with Crippen LogP contribution in [0.5, 0.6) is 5.75 Å². The van der Waals surface area contributed by atoms with Crippen LogP contribution in [-0.2, 0) is 20.7 Å². The Morgan fingerprint density at radius 1 is 1.23 bits per heavy atom. The zero-order valence-corrected chi connectivity index (χ0v) is 15.4. The van der Waals surface area contributed by atoms with Gasteiger partial charge in [-0.1, -0.05) is 30.3 Å². The summed E-state index contributed by atoms with van der Waals surface area (Å²) in [5.74, 6) is -0.590. The molecule has 2 aromatic carbocycles. The van der Waals surface area contributed by atoms with E-state index in [0.717, 1.165) is 5.56 Å². The van der Waals surface area contributed by atoms with Crippen LogP contribution in [0.2, 0.25) is 0 Å². The lowest BCUT2D eigenvalue weighted by molar-refractivity contribution is -0.384. The number of carbonyl (C=O) groups excluding carboxylic acids is 1. The van der Waals surface area contributed by atoms with Crippen LogP contribution in [0, 0.1) is 10.1 Å². The summed E-state index contributed by atoms with van der Waals surface area (Å²) in [6, 6.07) is 13.0. The third-order valence-corrected chi connectivity index (χ3v) is 4.84. The minimum Gasteiger partial charge on any atom is -0.460 e. The van der Waals surface area contributed by atoms with Crippen LogP contribution in [-0.4, -0.2) is 16.9 Å². The van der Waals surface area contributed by atoms with Gasteiger partial charge in [0.15, 0.2) is 0 Å². The van der Waals surface area contributed by atoms with Gasteiger partial charge in [-0.2, -0.15) is 0 Å². The number of rotatable bonds is 8. The van der Waals surface area contributed by atoms with E-state index in [9.17, 15) is 19.5 Å². The number of nitro groups is 1. The highest BCUT2D eigenvalue weighted by atomic mass is 35.7. The standard InChI is InChI=1S/C16H16ClN2O6P/c1-12(16(20)24-11-13-5-3-2-4-6-13)18-26(17,23)25-15-9-7-14(8-10-15)19(21)22/h2-10,12H,11H2,1H3,(H,18,23)/t12-,26?/m0/s1. The van der Waals surface area contributed by atoms with Crippen molar-refractivity contribution < 1.29 is 23.5 Å². The topological polar surface area (TPSA) is 108 Å². The third kappa shape index (κ3) is 6.15. The fourth-order valence-electron chi connectivity index (χ4n) is 1.93. The average molecular weight is 399 g/mol. The van der Waals surface area contributed by atoms with Crippen molar-refractivity contribution in [2.45, 2.75) is 19.6 Å². The molecule has 26 heavy (non-hydrogen) atoms. The molecule has 0 aliphatic heterocycles. The predicted molar refractivity (Wildman–Crippen MR) is 96.0 cm³/mol. The fourth-order valence-corrected chi connectivity index (χ4v) is 3.62. The number of halogens is 1. The molecule has 1 unspecified atom stereocenters. The second-order valence-corrected chi connectivity index (χ2v) is 8.00. The lowest BCUT2D eigenvalue weighted by Gasteiger charge is -2.18. The number of esters is 1. The maximum atomic E-state index is 12.3. The number of nitrogens with zero attached hydrogens (tertiary/aromatic N) is 1. The number of non-ortho nitro benzene ring substituents is 1. The molecule has 0 aliphatic rings. The fraction of sp³-hybridized carbons (Fsp3) is 0.188. The Morgan fingerprint density at radius 3 is 2.42 bits per heavy atom. The molecule has 1 N–H and O–H groups in total. The number of benzene rings is 2. The van der Waals surface area contributed by atoms with E-state index in [1.807, 2.05) is 18.2 Å². The Labute approximate surface area is 154 Å². The smallest absolute Gasteiger partial charge is 0.409 e. The van der Waals surface area contributed by atoms with Crippen molar-refractivity contribution in [3.63, 3.8) is 0 Å². The van der Waals surface area contributed by atoms with Crippen molar-refractivity contribution in [3.05, 3.63) is 70.3 Å². The Bertz CT molecular complexity index is 815. The molecule has 8 nitrogen and oxygen atoms in total. The zero-order valence-electron chi connectivity index (χ0n) is 13.7. The van der Waals surface area contributed by atoms with Gasteiger partial charge in [0.2, 0.25) is 0 Å². The van der Waals surface area contributed by atoms with Gasteiger partial charge in [-0.25, -0.2) is 9.65 Å². The molecule has 0 aromatic heterocycles. The molecule has 0 saturated carbocycles. The number of ether oxygens (including phenoxy) is 1. The Morgan fingerprint density at radius 2 is 1.85 bits per heavy atom. The van der Waals surface area contributed by atoms with Gasteiger partial charge in [-0.15, -0.1) is 0 Å². The molecule has 138 valence electrons. The minimum atomic E-state index is -3.91. The van der Waals surface area contributed by atoms with E-state index in [1.54, 1.807) is 12.1 Å². The van der Waals surface area contributed by atoms with Crippen LogP contribution in [0.25, 0.3) is 0 Å². The van der Waals surface area contributed by atoms with Gasteiger partial charge in [-0.3, -0.25) is 14.9 Å².